The zero-order chi connectivity index (χ0) is 13.9. The van der Waals surface area contributed by atoms with Crippen LogP contribution in [0.3, 0.4) is 0 Å². The van der Waals surface area contributed by atoms with Crippen molar-refractivity contribution >= 4 is 22.8 Å². The van der Waals surface area contributed by atoms with Gasteiger partial charge < -0.3 is 4.57 Å². The standard InChI is InChI=1S/C16H16ClN3/c1-2-12-6-3-4-7-13(12)11-20-15(10-17)19-14-8-5-9-18-16(14)20/h3-9H,2,10-11H2,1H3. The molecule has 0 saturated carbocycles. The summed E-state index contributed by atoms with van der Waals surface area (Å²) in [5.74, 6) is 1.26. The molecule has 0 atom stereocenters. The van der Waals surface area contributed by atoms with Crippen molar-refractivity contribution in [1.82, 2.24) is 14.5 Å². The first-order valence-corrected chi connectivity index (χ1v) is 7.29. The summed E-state index contributed by atoms with van der Waals surface area (Å²) in [5, 5.41) is 0. The summed E-state index contributed by atoms with van der Waals surface area (Å²) in [6.07, 6.45) is 2.82. The highest BCUT2D eigenvalue weighted by Crippen LogP contribution is 2.19. The van der Waals surface area contributed by atoms with E-state index in [0.717, 1.165) is 30.0 Å². The van der Waals surface area contributed by atoms with Crippen LogP contribution in [0.4, 0.5) is 0 Å². The van der Waals surface area contributed by atoms with Crippen LogP contribution in [0.25, 0.3) is 11.2 Å². The first-order valence-electron chi connectivity index (χ1n) is 6.76. The van der Waals surface area contributed by atoms with E-state index in [1.54, 1.807) is 6.20 Å². The number of rotatable bonds is 4. The lowest BCUT2D eigenvalue weighted by Crippen LogP contribution is -2.06. The van der Waals surface area contributed by atoms with Crippen LogP contribution in [-0.2, 0) is 18.8 Å². The van der Waals surface area contributed by atoms with Gasteiger partial charge in [0.1, 0.15) is 11.3 Å². The molecule has 0 saturated heterocycles. The predicted octanol–water partition coefficient (Wildman–Crippen LogP) is 3.78. The van der Waals surface area contributed by atoms with Crippen molar-refractivity contribution in [3.8, 4) is 0 Å². The molecule has 0 unspecified atom stereocenters. The number of nitrogens with zero attached hydrogens (tertiary/aromatic N) is 3. The lowest BCUT2D eigenvalue weighted by Gasteiger charge is -2.11. The number of fused-ring (bicyclic) bond motifs is 1. The van der Waals surface area contributed by atoms with E-state index >= 15 is 0 Å². The van der Waals surface area contributed by atoms with Crippen LogP contribution in [0, 0.1) is 0 Å². The minimum atomic E-state index is 0.394. The highest BCUT2D eigenvalue weighted by atomic mass is 35.5. The maximum atomic E-state index is 6.03. The second kappa shape index (κ2) is 5.63. The molecule has 3 aromatic rings. The third-order valence-corrected chi connectivity index (χ3v) is 3.77. The van der Waals surface area contributed by atoms with Crippen molar-refractivity contribution in [3.63, 3.8) is 0 Å². The van der Waals surface area contributed by atoms with Crippen LogP contribution >= 0.6 is 11.6 Å². The number of pyridine rings is 1. The summed E-state index contributed by atoms with van der Waals surface area (Å²) in [4.78, 5) is 8.99. The number of halogens is 1. The van der Waals surface area contributed by atoms with E-state index in [9.17, 15) is 0 Å². The highest BCUT2D eigenvalue weighted by molar-refractivity contribution is 6.16. The lowest BCUT2D eigenvalue weighted by molar-refractivity contribution is 0.762. The van der Waals surface area contributed by atoms with Gasteiger partial charge in [-0.1, -0.05) is 31.2 Å². The molecule has 102 valence electrons. The van der Waals surface area contributed by atoms with Crippen LogP contribution in [0.15, 0.2) is 42.6 Å². The predicted molar refractivity (Wildman–Crippen MR) is 82.0 cm³/mol. The first-order chi connectivity index (χ1) is 9.83. The Morgan fingerprint density at radius 1 is 1.10 bits per heavy atom. The molecule has 3 rings (SSSR count). The zero-order valence-electron chi connectivity index (χ0n) is 11.4. The Hall–Kier alpha value is -1.87. The van der Waals surface area contributed by atoms with Gasteiger partial charge in [0.05, 0.1) is 12.4 Å². The fourth-order valence-electron chi connectivity index (χ4n) is 2.50. The molecule has 0 aliphatic rings. The van der Waals surface area contributed by atoms with Crippen LogP contribution in [0.2, 0.25) is 0 Å². The van der Waals surface area contributed by atoms with Crippen molar-refractivity contribution in [2.24, 2.45) is 0 Å². The SMILES string of the molecule is CCc1ccccc1Cn1c(CCl)nc2cccnc21. The first kappa shape index (κ1) is 13.1. The molecule has 0 aliphatic heterocycles. The number of alkyl halides is 1. The fourth-order valence-corrected chi connectivity index (χ4v) is 2.70. The summed E-state index contributed by atoms with van der Waals surface area (Å²) in [5.41, 5.74) is 4.45. The summed E-state index contributed by atoms with van der Waals surface area (Å²) >= 11 is 6.03. The number of hydrogen-bond acceptors (Lipinski definition) is 2. The van der Waals surface area contributed by atoms with E-state index in [1.165, 1.54) is 11.1 Å². The van der Waals surface area contributed by atoms with Crippen LogP contribution in [-0.4, -0.2) is 14.5 Å². The van der Waals surface area contributed by atoms with Gasteiger partial charge >= 0.3 is 0 Å². The van der Waals surface area contributed by atoms with E-state index in [0.29, 0.717) is 5.88 Å². The molecule has 0 amide bonds. The maximum Gasteiger partial charge on any atom is 0.160 e. The van der Waals surface area contributed by atoms with Gasteiger partial charge in [-0.15, -0.1) is 11.6 Å². The Balaban J connectivity index is 2.10. The maximum absolute atomic E-state index is 6.03. The van der Waals surface area contributed by atoms with Crippen molar-refractivity contribution < 1.29 is 0 Å². The van der Waals surface area contributed by atoms with Crippen molar-refractivity contribution in [2.75, 3.05) is 0 Å². The topological polar surface area (TPSA) is 30.7 Å². The third-order valence-electron chi connectivity index (χ3n) is 3.53. The molecule has 0 bridgehead atoms. The number of imidazole rings is 1. The van der Waals surface area contributed by atoms with E-state index in [4.69, 9.17) is 11.6 Å². The Bertz CT molecular complexity index is 733. The Morgan fingerprint density at radius 2 is 1.90 bits per heavy atom. The second-order valence-electron chi connectivity index (χ2n) is 4.72. The van der Waals surface area contributed by atoms with Crippen LogP contribution in [0.1, 0.15) is 23.9 Å². The third kappa shape index (κ3) is 2.29. The molecule has 4 heteroatoms. The molecule has 3 nitrogen and oxygen atoms in total. The van der Waals surface area contributed by atoms with Gasteiger partial charge in [-0.2, -0.15) is 0 Å². The molecule has 2 heterocycles. The Labute approximate surface area is 123 Å². The minimum Gasteiger partial charge on any atom is -0.307 e. The minimum absolute atomic E-state index is 0.394. The van der Waals surface area contributed by atoms with Gasteiger partial charge in [-0.3, -0.25) is 0 Å². The van der Waals surface area contributed by atoms with Gasteiger partial charge in [-0.25, -0.2) is 9.97 Å². The van der Waals surface area contributed by atoms with Crippen molar-refractivity contribution in [1.29, 1.82) is 0 Å². The molecule has 0 spiro atoms. The molecule has 1 aromatic carbocycles. The second-order valence-corrected chi connectivity index (χ2v) is 4.98. The van der Waals surface area contributed by atoms with E-state index in [2.05, 4.69) is 45.7 Å². The van der Waals surface area contributed by atoms with Gasteiger partial charge in [0.15, 0.2) is 5.65 Å². The zero-order valence-corrected chi connectivity index (χ0v) is 12.1. The molecule has 2 aromatic heterocycles. The Kier molecular flexibility index (Phi) is 3.70. The number of benzene rings is 1. The van der Waals surface area contributed by atoms with Gasteiger partial charge in [-0.05, 0) is 29.7 Å². The largest absolute Gasteiger partial charge is 0.307 e. The van der Waals surface area contributed by atoms with Crippen molar-refractivity contribution in [3.05, 3.63) is 59.5 Å². The molecule has 0 aliphatic carbocycles. The van der Waals surface area contributed by atoms with Gasteiger partial charge in [0.25, 0.3) is 0 Å². The lowest BCUT2D eigenvalue weighted by atomic mass is 10.1. The smallest absolute Gasteiger partial charge is 0.160 e. The molecule has 0 radical (unpaired) electrons. The van der Waals surface area contributed by atoms with E-state index in [1.807, 2.05) is 12.1 Å². The summed E-state index contributed by atoms with van der Waals surface area (Å²) < 4.78 is 2.11. The fraction of sp³-hybridized carbons (Fsp3) is 0.250. The summed E-state index contributed by atoms with van der Waals surface area (Å²) in [7, 11) is 0. The number of hydrogen-bond donors (Lipinski definition) is 0. The monoisotopic (exact) mass is 285 g/mol. The number of aryl methyl sites for hydroxylation is 1. The Morgan fingerprint density at radius 3 is 2.65 bits per heavy atom. The van der Waals surface area contributed by atoms with Crippen molar-refractivity contribution in [2.45, 2.75) is 25.8 Å². The number of aromatic nitrogens is 3. The molecule has 0 N–H and O–H groups in total. The highest BCUT2D eigenvalue weighted by Gasteiger charge is 2.12. The molecule has 0 fully saturated rings. The normalized spacial score (nSPS) is 11.1. The molecular weight excluding hydrogens is 270 g/mol. The van der Waals surface area contributed by atoms with Crippen LogP contribution in [0.5, 0.6) is 0 Å². The molecular formula is C16H16ClN3. The van der Waals surface area contributed by atoms with Gasteiger partial charge in [0.2, 0.25) is 0 Å². The molecule has 20 heavy (non-hydrogen) atoms. The average molecular weight is 286 g/mol. The summed E-state index contributed by atoms with van der Waals surface area (Å²) in [6, 6.07) is 12.3. The van der Waals surface area contributed by atoms with Gasteiger partial charge in [0, 0.05) is 6.20 Å². The van der Waals surface area contributed by atoms with E-state index < -0.39 is 0 Å². The average Bonchev–Trinajstić information content (AvgIpc) is 2.86. The quantitative estimate of drug-likeness (QED) is 0.683. The summed E-state index contributed by atoms with van der Waals surface area (Å²) in [6.45, 7) is 2.94. The van der Waals surface area contributed by atoms with Crippen LogP contribution < -0.4 is 0 Å². The van der Waals surface area contributed by atoms with E-state index in [-0.39, 0.29) is 0 Å².